The number of allylic oxidation sites excluding steroid dienone is 4. The van der Waals surface area contributed by atoms with E-state index in [1.165, 1.54) is 19.3 Å². The fraction of sp³-hybridized carbons (Fsp3) is 0.500. The van der Waals surface area contributed by atoms with Crippen molar-refractivity contribution in [3.8, 4) is 0 Å². The topological polar surface area (TPSA) is 0 Å². The summed E-state index contributed by atoms with van der Waals surface area (Å²) < 4.78 is 0. The minimum absolute atomic E-state index is 0. The normalized spacial score (nSPS) is 16.0. The van der Waals surface area contributed by atoms with E-state index in [2.05, 4.69) is 24.3 Å². The molecule has 0 amide bonds. The van der Waals surface area contributed by atoms with Crippen molar-refractivity contribution in [3.05, 3.63) is 24.3 Å². The summed E-state index contributed by atoms with van der Waals surface area (Å²) in [4.78, 5) is 0. The van der Waals surface area contributed by atoms with Gasteiger partial charge >= 0.3 is 19.5 Å². The summed E-state index contributed by atoms with van der Waals surface area (Å²) in [5.41, 5.74) is 0. The second kappa shape index (κ2) is 9.39. The molecular weight excluding hydrogens is 233 g/mol. The van der Waals surface area contributed by atoms with Gasteiger partial charge in [-0.05, 0) is 6.42 Å². The van der Waals surface area contributed by atoms with Crippen molar-refractivity contribution >= 4 is 12.4 Å². The smallest absolute Gasteiger partial charge is 0.500 e. The van der Waals surface area contributed by atoms with E-state index in [9.17, 15) is 0 Å². The maximum absolute atomic E-state index is 3.21. The Kier molecular flexibility index (Phi) is 12.2. The Balaban J connectivity index is 0. The Morgan fingerprint density at radius 3 is 2.50 bits per heavy atom. The molecule has 0 fully saturated rings. The van der Waals surface area contributed by atoms with Gasteiger partial charge in [0.2, 0.25) is 0 Å². The molecule has 0 saturated heterocycles. The first kappa shape index (κ1) is 13.0. The van der Waals surface area contributed by atoms with Crippen molar-refractivity contribution < 1.29 is 19.5 Å². The van der Waals surface area contributed by atoms with Crippen LogP contribution in [-0.2, 0) is 19.5 Å². The zero-order chi connectivity index (χ0) is 5.66. The molecule has 1 rings (SSSR count). The van der Waals surface area contributed by atoms with Crippen molar-refractivity contribution in [2.75, 3.05) is 0 Å². The van der Waals surface area contributed by atoms with Crippen LogP contribution in [0.3, 0.4) is 0 Å². The van der Waals surface area contributed by atoms with E-state index >= 15 is 0 Å². The molecule has 0 aliphatic heterocycles. The summed E-state index contributed by atoms with van der Waals surface area (Å²) in [6.45, 7) is 0. The predicted molar refractivity (Wildman–Crippen MR) is 42.7 cm³/mol. The monoisotopic (exact) mass is 245 g/mol. The van der Waals surface area contributed by atoms with E-state index in [-0.39, 0.29) is 31.9 Å². The average Bonchev–Trinajstić information content (AvgIpc) is 1.62. The third kappa shape index (κ3) is 6.51. The summed E-state index contributed by atoms with van der Waals surface area (Å²) in [7, 11) is 0. The maximum Gasteiger partial charge on any atom is 1.00 e. The van der Waals surface area contributed by atoms with Gasteiger partial charge < -0.3 is 6.08 Å². The van der Waals surface area contributed by atoms with Crippen LogP contribution in [0.2, 0.25) is 0 Å². The second-order valence-corrected chi connectivity index (χ2v) is 2.00. The van der Waals surface area contributed by atoms with Crippen molar-refractivity contribution in [1.29, 1.82) is 0 Å². The number of hydrogen-bond donors (Lipinski definition) is 0. The standard InChI is InChI=1S/C8H11.ClH.Ru/c1-2-4-6-8-7-5-3-1;;/h1-2,7H,3-6H2;1H;/q-1;;+1. The van der Waals surface area contributed by atoms with Crippen LogP contribution in [0.15, 0.2) is 18.2 Å². The zero-order valence-corrected chi connectivity index (χ0v) is 8.38. The third-order valence-corrected chi connectivity index (χ3v) is 1.24. The van der Waals surface area contributed by atoms with Gasteiger partial charge in [0.1, 0.15) is 0 Å². The van der Waals surface area contributed by atoms with Gasteiger partial charge in [-0.3, -0.25) is 6.08 Å². The van der Waals surface area contributed by atoms with Gasteiger partial charge in [0.05, 0.1) is 0 Å². The summed E-state index contributed by atoms with van der Waals surface area (Å²) in [6.07, 6.45) is 14.5. The fourth-order valence-corrected chi connectivity index (χ4v) is 0.786. The van der Waals surface area contributed by atoms with E-state index in [0.29, 0.717) is 0 Å². The molecule has 0 nitrogen and oxygen atoms in total. The molecule has 0 bridgehead atoms. The third-order valence-electron chi connectivity index (χ3n) is 1.24. The molecule has 0 N–H and O–H groups in total. The molecule has 1 aliphatic carbocycles. The van der Waals surface area contributed by atoms with E-state index in [1.54, 1.807) is 0 Å². The summed E-state index contributed by atoms with van der Waals surface area (Å²) in [6, 6.07) is 0. The van der Waals surface area contributed by atoms with E-state index < -0.39 is 0 Å². The van der Waals surface area contributed by atoms with E-state index in [1.807, 2.05) is 0 Å². The molecule has 0 unspecified atom stereocenters. The molecule has 10 heavy (non-hydrogen) atoms. The van der Waals surface area contributed by atoms with Gasteiger partial charge in [-0.15, -0.1) is 12.4 Å². The van der Waals surface area contributed by atoms with Crippen molar-refractivity contribution in [2.45, 2.75) is 25.7 Å². The quantitative estimate of drug-likeness (QED) is 0.349. The van der Waals surface area contributed by atoms with Gasteiger partial charge in [0.25, 0.3) is 0 Å². The van der Waals surface area contributed by atoms with Gasteiger partial charge in [-0.25, -0.2) is 0 Å². The number of rotatable bonds is 0. The molecular formula is C8H12ClRu. The molecule has 0 atom stereocenters. The van der Waals surface area contributed by atoms with E-state index in [0.717, 1.165) is 6.42 Å². The minimum Gasteiger partial charge on any atom is -0.500 e. The van der Waals surface area contributed by atoms with Crippen LogP contribution >= 0.6 is 12.4 Å². The molecule has 59 valence electrons. The number of hydrogen-bond acceptors (Lipinski definition) is 0. The van der Waals surface area contributed by atoms with Crippen molar-refractivity contribution in [1.82, 2.24) is 0 Å². The minimum atomic E-state index is 0. The van der Waals surface area contributed by atoms with Crippen LogP contribution in [-0.4, -0.2) is 0 Å². The van der Waals surface area contributed by atoms with E-state index in [4.69, 9.17) is 0 Å². The van der Waals surface area contributed by atoms with Crippen LogP contribution in [0.1, 0.15) is 25.7 Å². The zero-order valence-electron chi connectivity index (χ0n) is 5.82. The SMILES string of the molecule is Cl.[C-]1=CCCC=CCC1.[Ru+]. The van der Waals surface area contributed by atoms with Crippen LogP contribution in [0.25, 0.3) is 0 Å². The van der Waals surface area contributed by atoms with Crippen LogP contribution in [0, 0.1) is 6.08 Å². The molecule has 0 aromatic rings. The van der Waals surface area contributed by atoms with Crippen LogP contribution < -0.4 is 0 Å². The summed E-state index contributed by atoms with van der Waals surface area (Å²) in [5, 5.41) is 0. The van der Waals surface area contributed by atoms with Crippen LogP contribution in [0.5, 0.6) is 0 Å². The first-order valence-corrected chi connectivity index (χ1v) is 3.20. The molecule has 0 aromatic heterocycles. The first-order chi connectivity index (χ1) is 4.00. The van der Waals surface area contributed by atoms with Gasteiger partial charge in [-0.2, -0.15) is 6.42 Å². The molecule has 2 heteroatoms. The predicted octanol–water partition coefficient (Wildman–Crippen LogP) is 2.90. The molecule has 1 aliphatic rings. The molecule has 0 spiro atoms. The molecule has 0 aromatic carbocycles. The number of halogens is 1. The second-order valence-electron chi connectivity index (χ2n) is 2.00. The summed E-state index contributed by atoms with van der Waals surface area (Å²) in [5.74, 6) is 0. The Bertz CT molecular complexity index is 81.8. The largest absolute Gasteiger partial charge is 1.00 e. The molecule has 0 heterocycles. The molecule has 0 saturated carbocycles. The Morgan fingerprint density at radius 1 is 1.00 bits per heavy atom. The fourth-order valence-electron chi connectivity index (χ4n) is 0.786. The summed E-state index contributed by atoms with van der Waals surface area (Å²) >= 11 is 0. The van der Waals surface area contributed by atoms with Gasteiger partial charge in [0, 0.05) is 0 Å². The van der Waals surface area contributed by atoms with Crippen LogP contribution in [0.4, 0.5) is 0 Å². The van der Waals surface area contributed by atoms with Crippen molar-refractivity contribution in [3.63, 3.8) is 0 Å². The molecule has 1 radical (unpaired) electrons. The maximum atomic E-state index is 3.21. The van der Waals surface area contributed by atoms with Gasteiger partial charge in [0.15, 0.2) is 0 Å². The Hall–Kier alpha value is 0.393. The van der Waals surface area contributed by atoms with Gasteiger partial charge in [-0.1, -0.05) is 25.0 Å². The Labute approximate surface area is 81.9 Å². The first-order valence-electron chi connectivity index (χ1n) is 3.20. The Morgan fingerprint density at radius 2 is 1.70 bits per heavy atom. The van der Waals surface area contributed by atoms with Crippen molar-refractivity contribution in [2.24, 2.45) is 0 Å². The average molecular weight is 245 g/mol.